The molecule has 1 saturated heterocycles. The van der Waals surface area contributed by atoms with E-state index in [2.05, 4.69) is 0 Å². The smallest absolute Gasteiger partial charge is 0.344 e. The lowest BCUT2D eigenvalue weighted by atomic mass is 10.1. The van der Waals surface area contributed by atoms with Crippen molar-refractivity contribution in [2.75, 3.05) is 19.7 Å². The quantitative estimate of drug-likeness (QED) is 0.413. The number of hydrogen-bond donors (Lipinski definition) is 0. The van der Waals surface area contributed by atoms with Gasteiger partial charge in [0.25, 0.3) is 5.91 Å². The summed E-state index contributed by atoms with van der Waals surface area (Å²) in [6, 6.07) is 12.7. The van der Waals surface area contributed by atoms with Crippen molar-refractivity contribution in [1.82, 2.24) is 4.90 Å². The summed E-state index contributed by atoms with van der Waals surface area (Å²) in [5.41, 5.74) is 1.13. The maximum Gasteiger partial charge on any atom is 0.344 e. The zero-order valence-electron chi connectivity index (χ0n) is 15.2. The van der Waals surface area contributed by atoms with Crippen LogP contribution in [-0.4, -0.2) is 41.4 Å². The molecule has 1 fully saturated rings. The Morgan fingerprint density at radius 3 is 2.39 bits per heavy atom. The van der Waals surface area contributed by atoms with Crippen molar-refractivity contribution in [3.05, 3.63) is 69.8 Å². The summed E-state index contributed by atoms with van der Waals surface area (Å²) in [5.74, 6) is -0.622. The number of carbonyl (C=O) groups is 2. The van der Waals surface area contributed by atoms with E-state index in [-0.39, 0.29) is 24.0 Å². The van der Waals surface area contributed by atoms with Crippen molar-refractivity contribution in [1.29, 1.82) is 0 Å². The van der Waals surface area contributed by atoms with Crippen LogP contribution < -0.4 is 4.74 Å². The standard InChI is InChI=1S/C20H20N2O6/c23-19(14-27-18-6-2-1-5-17(18)22(25)26)28-13-15-7-9-16(10-8-15)20(24)21-11-3-4-12-21/h1-2,5-10H,3-4,11-14H2. The highest BCUT2D eigenvalue weighted by molar-refractivity contribution is 5.94. The predicted octanol–water partition coefficient (Wildman–Crippen LogP) is 2.95. The molecule has 2 aromatic carbocycles. The van der Waals surface area contributed by atoms with Gasteiger partial charge in [0.2, 0.25) is 0 Å². The van der Waals surface area contributed by atoms with Crippen LogP contribution in [0.4, 0.5) is 5.69 Å². The summed E-state index contributed by atoms with van der Waals surface area (Å²) >= 11 is 0. The van der Waals surface area contributed by atoms with Crippen molar-refractivity contribution >= 4 is 17.6 Å². The summed E-state index contributed by atoms with van der Waals surface area (Å²) in [6.07, 6.45) is 2.07. The molecule has 1 aliphatic heterocycles. The van der Waals surface area contributed by atoms with E-state index >= 15 is 0 Å². The molecule has 0 radical (unpaired) electrons. The van der Waals surface area contributed by atoms with Crippen LogP contribution in [0.1, 0.15) is 28.8 Å². The van der Waals surface area contributed by atoms with Gasteiger partial charge in [-0.2, -0.15) is 0 Å². The number of amides is 1. The number of esters is 1. The molecule has 1 amide bonds. The van der Waals surface area contributed by atoms with Gasteiger partial charge in [0.1, 0.15) is 6.61 Å². The van der Waals surface area contributed by atoms with Crippen molar-refractivity contribution in [2.24, 2.45) is 0 Å². The van der Waals surface area contributed by atoms with E-state index in [9.17, 15) is 19.7 Å². The van der Waals surface area contributed by atoms with Gasteiger partial charge in [-0.1, -0.05) is 24.3 Å². The van der Waals surface area contributed by atoms with E-state index in [1.165, 1.54) is 18.2 Å². The molecule has 8 nitrogen and oxygen atoms in total. The molecule has 0 unspecified atom stereocenters. The predicted molar refractivity (Wildman–Crippen MR) is 100.0 cm³/mol. The minimum Gasteiger partial charge on any atom is -0.475 e. The van der Waals surface area contributed by atoms with E-state index in [1.807, 2.05) is 4.90 Å². The molecule has 1 aliphatic rings. The molecule has 3 rings (SSSR count). The monoisotopic (exact) mass is 384 g/mol. The molecular weight excluding hydrogens is 364 g/mol. The number of para-hydroxylation sites is 2. The third-order valence-corrected chi connectivity index (χ3v) is 4.40. The Morgan fingerprint density at radius 2 is 1.71 bits per heavy atom. The number of likely N-dealkylation sites (tertiary alicyclic amines) is 1. The molecule has 0 N–H and O–H groups in total. The maximum atomic E-state index is 12.3. The van der Waals surface area contributed by atoms with Crippen LogP contribution in [0.2, 0.25) is 0 Å². The number of rotatable bonds is 7. The third kappa shape index (κ3) is 4.85. The van der Waals surface area contributed by atoms with Crippen LogP contribution in [0.5, 0.6) is 5.75 Å². The Kier molecular flexibility index (Phi) is 6.21. The molecule has 0 aromatic heterocycles. The molecule has 0 bridgehead atoms. The van der Waals surface area contributed by atoms with Crippen LogP contribution in [0.25, 0.3) is 0 Å². The molecule has 2 aromatic rings. The van der Waals surface area contributed by atoms with Gasteiger partial charge < -0.3 is 14.4 Å². The molecule has 1 heterocycles. The SMILES string of the molecule is O=C(COc1ccccc1[N+](=O)[O-])OCc1ccc(C(=O)N2CCCC2)cc1. The first-order valence-corrected chi connectivity index (χ1v) is 8.94. The van der Waals surface area contributed by atoms with Gasteiger partial charge in [-0.25, -0.2) is 4.79 Å². The zero-order chi connectivity index (χ0) is 19.9. The summed E-state index contributed by atoms with van der Waals surface area (Å²) in [5, 5.41) is 10.9. The number of ether oxygens (including phenoxy) is 2. The number of nitro groups is 1. The number of carbonyl (C=O) groups excluding carboxylic acids is 2. The average Bonchev–Trinajstić information content (AvgIpc) is 3.25. The van der Waals surface area contributed by atoms with Gasteiger partial charge >= 0.3 is 11.7 Å². The van der Waals surface area contributed by atoms with Crippen LogP contribution in [-0.2, 0) is 16.1 Å². The molecule has 0 aliphatic carbocycles. The van der Waals surface area contributed by atoms with Crippen LogP contribution >= 0.6 is 0 Å². The minimum absolute atomic E-state index is 0.00854. The third-order valence-electron chi connectivity index (χ3n) is 4.40. The van der Waals surface area contributed by atoms with E-state index in [1.54, 1.807) is 30.3 Å². The highest BCUT2D eigenvalue weighted by Crippen LogP contribution is 2.25. The summed E-state index contributed by atoms with van der Waals surface area (Å²) in [4.78, 5) is 36.3. The average molecular weight is 384 g/mol. The normalized spacial score (nSPS) is 13.2. The molecule has 146 valence electrons. The number of hydrogen-bond acceptors (Lipinski definition) is 6. The lowest BCUT2D eigenvalue weighted by Gasteiger charge is -2.15. The molecule has 0 spiro atoms. The second-order valence-corrected chi connectivity index (χ2v) is 6.37. The second-order valence-electron chi connectivity index (χ2n) is 6.37. The Bertz CT molecular complexity index is 859. The number of benzene rings is 2. The molecule has 0 atom stereocenters. The molecule has 28 heavy (non-hydrogen) atoms. The molecule has 0 saturated carbocycles. The fourth-order valence-electron chi connectivity index (χ4n) is 2.92. The maximum absolute atomic E-state index is 12.3. The molecule has 8 heteroatoms. The summed E-state index contributed by atoms with van der Waals surface area (Å²) in [7, 11) is 0. The van der Waals surface area contributed by atoms with Crippen molar-refractivity contribution < 1.29 is 24.0 Å². The van der Waals surface area contributed by atoms with Gasteiger partial charge in [0, 0.05) is 24.7 Å². The number of nitro benzene ring substituents is 1. The van der Waals surface area contributed by atoms with Gasteiger partial charge in [-0.15, -0.1) is 0 Å². The van der Waals surface area contributed by atoms with Gasteiger partial charge in [0.05, 0.1) is 4.92 Å². The summed E-state index contributed by atoms with van der Waals surface area (Å²) < 4.78 is 10.3. The first kappa shape index (κ1) is 19.3. The van der Waals surface area contributed by atoms with E-state index in [4.69, 9.17) is 9.47 Å². The van der Waals surface area contributed by atoms with Gasteiger partial charge in [-0.05, 0) is 36.6 Å². The first-order chi connectivity index (χ1) is 13.5. The Hall–Kier alpha value is -3.42. The highest BCUT2D eigenvalue weighted by atomic mass is 16.6. The van der Waals surface area contributed by atoms with E-state index in [0.29, 0.717) is 5.56 Å². The van der Waals surface area contributed by atoms with E-state index in [0.717, 1.165) is 31.5 Å². The van der Waals surface area contributed by atoms with Gasteiger partial charge in [-0.3, -0.25) is 14.9 Å². The van der Waals surface area contributed by atoms with Crippen molar-refractivity contribution in [3.8, 4) is 5.75 Å². The lowest BCUT2D eigenvalue weighted by Crippen LogP contribution is -2.27. The highest BCUT2D eigenvalue weighted by Gasteiger charge is 2.19. The van der Waals surface area contributed by atoms with Crippen molar-refractivity contribution in [2.45, 2.75) is 19.4 Å². The Morgan fingerprint density at radius 1 is 1.04 bits per heavy atom. The lowest BCUT2D eigenvalue weighted by molar-refractivity contribution is -0.385. The second kappa shape index (κ2) is 8.98. The minimum atomic E-state index is -0.643. The van der Waals surface area contributed by atoms with Crippen LogP contribution in [0.15, 0.2) is 48.5 Å². The summed E-state index contributed by atoms with van der Waals surface area (Å²) in [6.45, 7) is 1.17. The topological polar surface area (TPSA) is 99.0 Å². The fraction of sp³-hybridized carbons (Fsp3) is 0.300. The fourth-order valence-corrected chi connectivity index (χ4v) is 2.92. The Balaban J connectivity index is 1.48. The van der Waals surface area contributed by atoms with Crippen molar-refractivity contribution in [3.63, 3.8) is 0 Å². The van der Waals surface area contributed by atoms with Crippen LogP contribution in [0.3, 0.4) is 0 Å². The van der Waals surface area contributed by atoms with Crippen LogP contribution in [0, 0.1) is 10.1 Å². The zero-order valence-corrected chi connectivity index (χ0v) is 15.2. The number of nitrogens with zero attached hydrogens (tertiary/aromatic N) is 2. The first-order valence-electron chi connectivity index (χ1n) is 8.94. The Labute approximate surface area is 161 Å². The largest absolute Gasteiger partial charge is 0.475 e. The van der Waals surface area contributed by atoms with Gasteiger partial charge in [0.15, 0.2) is 12.4 Å². The van der Waals surface area contributed by atoms with E-state index < -0.39 is 17.5 Å². The molecular formula is C20H20N2O6.